The van der Waals surface area contributed by atoms with Gasteiger partial charge in [0.2, 0.25) is 0 Å². The van der Waals surface area contributed by atoms with Crippen LogP contribution in [0.15, 0.2) is 24.3 Å². The van der Waals surface area contributed by atoms with Crippen molar-refractivity contribution in [2.75, 3.05) is 38.8 Å². The Kier molecular flexibility index (Phi) is 4.27. The van der Waals surface area contributed by atoms with E-state index in [9.17, 15) is 4.79 Å². The van der Waals surface area contributed by atoms with Crippen LogP contribution in [0.3, 0.4) is 0 Å². The number of hydrogen-bond donors (Lipinski definition) is 0. The van der Waals surface area contributed by atoms with Crippen LogP contribution in [0.1, 0.15) is 18.4 Å². The number of likely N-dealkylation sites (N-methyl/N-ethyl adjacent to an activating group) is 1. The quantitative estimate of drug-likeness (QED) is 0.830. The summed E-state index contributed by atoms with van der Waals surface area (Å²) in [5.74, 6) is 0.774. The third kappa shape index (κ3) is 3.44. The maximum Gasteiger partial charge on any atom is 0.253 e. The lowest BCUT2D eigenvalue weighted by molar-refractivity contribution is -0.123. The molecule has 1 saturated carbocycles. The molecule has 1 aromatic carbocycles. The van der Waals surface area contributed by atoms with E-state index < -0.39 is 0 Å². The number of rotatable bonds is 5. The van der Waals surface area contributed by atoms with Crippen molar-refractivity contribution in [3.63, 3.8) is 0 Å². The predicted octanol–water partition coefficient (Wildman–Crippen LogP) is 1.93. The molecule has 1 amide bonds. The Morgan fingerprint density at radius 3 is 2.81 bits per heavy atom. The highest BCUT2D eigenvalue weighted by Gasteiger charge is 2.29. The topological polar surface area (TPSA) is 32.8 Å². The van der Waals surface area contributed by atoms with Crippen LogP contribution < -0.4 is 4.90 Å². The summed E-state index contributed by atoms with van der Waals surface area (Å²) in [7, 11) is 4.15. The molecule has 1 fully saturated rings. The number of carbonyl (C=O) groups excluding carboxylic acids is 1. The molecule has 3 rings (SSSR count). The number of fused-ring (bicyclic) bond motifs is 1. The number of benzene rings is 1. The van der Waals surface area contributed by atoms with Gasteiger partial charge in [0.15, 0.2) is 0 Å². The van der Waals surface area contributed by atoms with Gasteiger partial charge in [0, 0.05) is 18.3 Å². The average molecular weight is 288 g/mol. The fourth-order valence-electron chi connectivity index (χ4n) is 2.83. The minimum absolute atomic E-state index is 0.0784. The molecule has 2 aliphatic rings. The minimum Gasteiger partial charge on any atom is -0.371 e. The normalized spacial score (nSPS) is 21.5. The first kappa shape index (κ1) is 14.5. The van der Waals surface area contributed by atoms with E-state index in [4.69, 9.17) is 4.74 Å². The lowest BCUT2D eigenvalue weighted by Gasteiger charge is -2.37. The molecule has 1 heterocycles. The third-order valence-electron chi connectivity index (χ3n) is 4.44. The predicted molar refractivity (Wildman–Crippen MR) is 83.5 cm³/mol. The van der Waals surface area contributed by atoms with E-state index in [0.717, 1.165) is 25.3 Å². The Labute approximate surface area is 126 Å². The van der Waals surface area contributed by atoms with Crippen LogP contribution in [0.25, 0.3) is 0 Å². The molecule has 4 heteroatoms. The summed E-state index contributed by atoms with van der Waals surface area (Å²) in [5.41, 5.74) is 2.30. The molecule has 0 spiro atoms. The van der Waals surface area contributed by atoms with Crippen LogP contribution in [0.2, 0.25) is 0 Å². The Morgan fingerprint density at radius 2 is 2.10 bits per heavy atom. The molecule has 21 heavy (non-hydrogen) atoms. The van der Waals surface area contributed by atoms with Gasteiger partial charge in [-0.2, -0.15) is 0 Å². The Hall–Kier alpha value is -1.39. The van der Waals surface area contributed by atoms with Crippen molar-refractivity contribution in [1.82, 2.24) is 4.90 Å². The van der Waals surface area contributed by atoms with Gasteiger partial charge < -0.3 is 14.5 Å². The zero-order valence-electron chi connectivity index (χ0n) is 12.9. The smallest absolute Gasteiger partial charge is 0.253 e. The summed E-state index contributed by atoms with van der Waals surface area (Å²) in [6.45, 7) is 1.68. The molecule has 0 bridgehead atoms. The molecule has 1 atom stereocenters. The van der Waals surface area contributed by atoms with Crippen molar-refractivity contribution < 1.29 is 9.53 Å². The van der Waals surface area contributed by atoms with Crippen LogP contribution in [-0.2, 0) is 16.0 Å². The van der Waals surface area contributed by atoms with E-state index in [-0.39, 0.29) is 12.5 Å². The van der Waals surface area contributed by atoms with Crippen LogP contribution in [0, 0.1) is 5.92 Å². The number of para-hydroxylation sites is 1. The number of carbonyl (C=O) groups is 1. The van der Waals surface area contributed by atoms with Gasteiger partial charge in [-0.1, -0.05) is 18.2 Å². The lowest BCUT2D eigenvalue weighted by Crippen LogP contribution is -2.49. The van der Waals surface area contributed by atoms with Crippen molar-refractivity contribution in [2.24, 2.45) is 5.92 Å². The molecule has 1 aromatic rings. The number of nitrogens with zero attached hydrogens (tertiary/aromatic N) is 2. The molecule has 4 nitrogen and oxygen atoms in total. The molecule has 0 N–H and O–H groups in total. The van der Waals surface area contributed by atoms with Crippen LogP contribution in [0.4, 0.5) is 5.69 Å². The van der Waals surface area contributed by atoms with Crippen molar-refractivity contribution in [3.05, 3.63) is 29.8 Å². The fourth-order valence-corrected chi connectivity index (χ4v) is 2.83. The van der Waals surface area contributed by atoms with Crippen molar-refractivity contribution in [3.8, 4) is 0 Å². The number of amides is 1. The van der Waals surface area contributed by atoms with E-state index in [0.29, 0.717) is 12.0 Å². The van der Waals surface area contributed by atoms with E-state index >= 15 is 0 Å². The highest BCUT2D eigenvalue weighted by atomic mass is 16.5. The van der Waals surface area contributed by atoms with E-state index in [2.05, 4.69) is 25.1 Å². The zero-order valence-corrected chi connectivity index (χ0v) is 12.9. The van der Waals surface area contributed by atoms with Crippen LogP contribution >= 0.6 is 0 Å². The molecule has 114 valence electrons. The maximum atomic E-state index is 12.5. The van der Waals surface area contributed by atoms with Gasteiger partial charge in [0.25, 0.3) is 5.91 Å². The summed E-state index contributed by atoms with van der Waals surface area (Å²) in [6, 6.07) is 8.58. The summed E-state index contributed by atoms with van der Waals surface area (Å²) >= 11 is 0. The average Bonchev–Trinajstić information content (AvgIpc) is 3.30. The maximum absolute atomic E-state index is 12.5. The number of hydrogen-bond acceptors (Lipinski definition) is 3. The first-order valence-corrected chi connectivity index (χ1v) is 7.77. The van der Waals surface area contributed by atoms with Gasteiger partial charge >= 0.3 is 0 Å². The molecule has 0 saturated heterocycles. The minimum atomic E-state index is 0.0784. The van der Waals surface area contributed by atoms with Gasteiger partial charge in [-0.15, -0.1) is 0 Å². The Bertz CT molecular complexity index is 511. The number of anilines is 1. The van der Waals surface area contributed by atoms with Crippen molar-refractivity contribution >= 4 is 11.6 Å². The molecule has 0 aromatic heterocycles. The second-order valence-corrected chi connectivity index (χ2v) is 6.41. The van der Waals surface area contributed by atoms with Crippen molar-refractivity contribution in [1.29, 1.82) is 0 Å². The second kappa shape index (κ2) is 6.16. The zero-order chi connectivity index (χ0) is 14.8. The molecular weight excluding hydrogens is 264 g/mol. The molecule has 1 aliphatic heterocycles. The second-order valence-electron chi connectivity index (χ2n) is 6.41. The number of ether oxygens (including phenoxy) is 1. The van der Waals surface area contributed by atoms with Crippen LogP contribution in [0.5, 0.6) is 0 Å². The van der Waals surface area contributed by atoms with Crippen molar-refractivity contribution in [2.45, 2.75) is 25.3 Å². The van der Waals surface area contributed by atoms with Gasteiger partial charge in [0.05, 0.1) is 6.61 Å². The molecule has 0 unspecified atom stereocenters. The van der Waals surface area contributed by atoms with Crippen LogP contribution in [-0.4, -0.2) is 50.7 Å². The standard InChI is InChI=1S/C17H24N2O2/c1-18(2)15-9-14-5-3-4-6-16(14)19(10-15)17(20)12-21-11-13-7-8-13/h3-6,13,15H,7-12H2,1-2H3/t15-/m0/s1. The molecule has 1 aliphatic carbocycles. The van der Waals surface area contributed by atoms with Gasteiger partial charge in [-0.05, 0) is 50.9 Å². The Balaban J connectivity index is 1.70. The highest BCUT2D eigenvalue weighted by Crippen LogP contribution is 2.30. The third-order valence-corrected chi connectivity index (χ3v) is 4.44. The monoisotopic (exact) mass is 288 g/mol. The van der Waals surface area contributed by atoms with Gasteiger partial charge in [0.1, 0.15) is 6.61 Å². The Morgan fingerprint density at radius 1 is 1.33 bits per heavy atom. The largest absolute Gasteiger partial charge is 0.371 e. The fraction of sp³-hybridized carbons (Fsp3) is 0.588. The summed E-state index contributed by atoms with van der Waals surface area (Å²) in [4.78, 5) is 16.6. The lowest BCUT2D eigenvalue weighted by atomic mass is 9.97. The van der Waals surface area contributed by atoms with E-state index in [1.165, 1.54) is 18.4 Å². The van der Waals surface area contributed by atoms with E-state index in [1.807, 2.05) is 23.1 Å². The molecular formula is C17H24N2O2. The van der Waals surface area contributed by atoms with E-state index in [1.54, 1.807) is 0 Å². The highest BCUT2D eigenvalue weighted by molar-refractivity contribution is 5.95. The summed E-state index contributed by atoms with van der Waals surface area (Å²) < 4.78 is 5.58. The molecule has 0 radical (unpaired) electrons. The first-order valence-electron chi connectivity index (χ1n) is 7.77. The van der Waals surface area contributed by atoms with Gasteiger partial charge in [-0.25, -0.2) is 0 Å². The SMILES string of the molecule is CN(C)[C@H]1Cc2ccccc2N(C(=O)COCC2CC2)C1. The summed E-state index contributed by atoms with van der Waals surface area (Å²) in [6.07, 6.45) is 3.50. The first-order chi connectivity index (χ1) is 10.1. The summed E-state index contributed by atoms with van der Waals surface area (Å²) in [5, 5.41) is 0. The van der Waals surface area contributed by atoms with Gasteiger partial charge in [-0.3, -0.25) is 4.79 Å².